The first-order chi connectivity index (χ1) is 16.7. The monoisotopic (exact) mass is 513 g/mol. The zero-order chi connectivity index (χ0) is 24.9. The van der Waals surface area contributed by atoms with E-state index >= 15 is 0 Å². The Hall–Kier alpha value is -3.49. The third-order valence-electron chi connectivity index (χ3n) is 6.29. The van der Waals surface area contributed by atoms with E-state index in [1.54, 1.807) is 24.1 Å². The second-order valence-corrected chi connectivity index (χ2v) is 9.26. The Balaban J connectivity index is 1.49. The van der Waals surface area contributed by atoms with E-state index in [4.69, 9.17) is 39.4 Å². The maximum Gasteiger partial charge on any atom is 0.315 e. The molecule has 5 rings (SSSR count). The van der Waals surface area contributed by atoms with Crippen molar-refractivity contribution in [1.29, 1.82) is 0 Å². The number of anilines is 1. The number of aromatic nitrogens is 2. The molecule has 1 atom stereocenters. The molecule has 1 aliphatic rings. The van der Waals surface area contributed by atoms with Crippen LogP contribution in [-0.2, 0) is 13.0 Å². The van der Waals surface area contributed by atoms with E-state index in [0.717, 1.165) is 33.3 Å². The number of H-pyrrole nitrogens is 1. The molecule has 1 aliphatic heterocycles. The molecule has 0 saturated heterocycles. The van der Waals surface area contributed by atoms with Gasteiger partial charge < -0.3 is 26.1 Å². The standard InChI is InChI=1S/C25H22Cl2FN5O2/c1-12(22-17(26)3-4-18(28)23(22)27)35-21-9-14(10-31-24(21)29)13-2-5-19-15(8-13)16-11-33(25(30)34)7-6-20(16)32-19/h2-5,8-10,12,32H,6-7,11H2,1H3,(H2,29,31)(H2,30,34)/t12-/m1/s1. The number of carbonyl (C=O) groups excluding carboxylic acids is 1. The first-order valence-electron chi connectivity index (χ1n) is 11.0. The lowest BCUT2D eigenvalue weighted by Crippen LogP contribution is -2.39. The van der Waals surface area contributed by atoms with E-state index in [1.165, 1.54) is 12.1 Å². The number of amides is 2. The largest absolute Gasteiger partial charge is 0.482 e. The molecule has 5 N–H and O–H groups in total. The molecule has 35 heavy (non-hydrogen) atoms. The summed E-state index contributed by atoms with van der Waals surface area (Å²) in [5.74, 6) is -0.0802. The highest BCUT2D eigenvalue weighted by molar-refractivity contribution is 6.36. The molecule has 2 aromatic heterocycles. The van der Waals surface area contributed by atoms with Gasteiger partial charge in [-0.1, -0.05) is 29.3 Å². The number of hydrogen-bond donors (Lipinski definition) is 3. The fourth-order valence-electron chi connectivity index (χ4n) is 4.45. The summed E-state index contributed by atoms with van der Waals surface area (Å²) >= 11 is 12.4. The normalized spacial score (nSPS) is 14.1. The Bertz CT molecular complexity index is 1470. The van der Waals surface area contributed by atoms with Crippen LogP contribution in [0.1, 0.15) is 29.8 Å². The highest BCUT2D eigenvalue weighted by Crippen LogP contribution is 2.38. The Kier molecular flexibility index (Phi) is 5.94. The van der Waals surface area contributed by atoms with Gasteiger partial charge in [-0.25, -0.2) is 14.2 Å². The van der Waals surface area contributed by atoms with E-state index < -0.39 is 18.0 Å². The van der Waals surface area contributed by atoms with E-state index in [2.05, 4.69) is 9.97 Å². The lowest BCUT2D eigenvalue weighted by Gasteiger charge is -2.25. The minimum absolute atomic E-state index is 0.0969. The highest BCUT2D eigenvalue weighted by Gasteiger charge is 2.23. The number of fused-ring (bicyclic) bond motifs is 3. The van der Waals surface area contributed by atoms with Crippen molar-refractivity contribution in [2.75, 3.05) is 12.3 Å². The number of carbonyl (C=O) groups is 1. The van der Waals surface area contributed by atoms with Crippen molar-refractivity contribution in [3.8, 4) is 16.9 Å². The summed E-state index contributed by atoms with van der Waals surface area (Å²) in [6, 6.07) is 9.97. The van der Waals surface area contributed by atoms with Crippen LogP contribution < -0.4 is 16.2 Å². The molecule has 4 aromatic rings. The molecular weight excluding hydrogens is 492 g/mol. The predicted molar refractivity (Wildman–Crippen MR) is 135 cm³/mol. The predicted octanol–water partition coefficient (Wildman–Crippen LogP) is 5.83. The molecule has 2 amide bonds. The fraction of sp³-hybridized carbons (Fsp3) is 0.200. The number of nitrogen functional groups attached to an aromatic ring is 1. The minimum Gasteiger partial charge on any atom is -0.482 e. The number of pyridine rings is 1. The van der Waals surface area contributed by atoms with E-state index in [0.29, 0.717) is 35.8 Å². The van der Waals surface area contributed by atoms with Crippen molar-refractivity contribution in [2.24, 2.45) is 5.73 Å². The third kappa shape index (κ3) is 4.24. The second-order valence-electron chi connectivity index (χ2n) is 8.48. The van der Waals surface area contributed by atoms with Crippen molar-refractivity contribution in [3.05, 3.63) is 75.3 Å². The number of urea groups is 1. The van der Waals surface area contributed by atoms with Gasteiger partial charge >= 0.3 is 6.03 Å². The molecule has 2 aromatic carbocycles. The second kappa shape index (κ2) is 8.94. The van der Waals surface area contributed by atoms with Gasteiger partial charge in [-0.3, -0.25) is 0 Å². The van der Waals surface area contributed by atoms with E-state index in [-0.39, 0.29) is 10.8 Å². The summed E-state index contributed by atoms with van der Waals surface area (Å²) in [5.41, 5.74) is 16.7. The van der Waals surface area contributed by atoms with Gasteiger partial charge in [-0.05, 0) is 42.8 Å². The zero-order valence-corrected chi connectivity index (χ0v) is 20.3. The molecule has 0 unspecified atom stereocenters. The van der Waals surface area contributed by atoms with Crippen molar-refractivity contribution in [1.82, 2.24) is 14.9 Å². The van der Waals surface area contributed by atoms with Crippen LogP contribution in [0.25, 0.3) is 22.0 Å². The van der Waals surface area contributed by atoms with E-state index in [9.17, 15) is 9.18 Å². The Morgan fingerprint density at radius 2 is 2.03 bits per heavy atom. The summed E-state index contributed by atoms with van der Waals surface area (Å²) in [5, 5.41) is 1.20. The van der Waals surface area contributed by atoms with Gasteiger partial charge in [-0.15, -0.1) is 0 Å². The minimum atomic E-state index is -0.677. The molecule has 10 heteroatoms. The Morgan fingerprint density at radius 3 is 2.80 bits per heavy atom. The third-order valence-corrected chi connectivity index (χ3v) is 7.01. The summed E-state index contributed by atoms with van der Waals surface area (Å²) in [4.78, 5) is 21.1. The molecule has 0 bridgehead atoms. The van der Waals surface area contributed by atoms with Crippen molar-refractivity contribution >= 4 is 46.0 Å². The van der Waals surface area contributed by atoms with Crippen molar-refractivity contribution in [2.45, 2.75) is 26.0 Å². The zero-order valence-electron chi connectivity index (χ0n) is 18.7. The summed E-state index contributed by atoms with van der Waals surface area (Å²) < 4.78 is 20.0. The Morgan fingerprint density at radius 1 is 1.23 bits per heavy atom. The molecule has 0 aliphatic carbocycles. The van der Waals surface area contributed by atoms with Crippen molar-refractivity contribution in [3.63, 3.8) is 0 Å². The summed E-state index contributed by atoms with van der Waals surface area (Å²) in [7, 11) is 0. The number of halogens is 3. The quantitative estimate of drug-likeness (QED) is 0.298. The van der Waals surface area contributed by atoms with Crippen LogP contribution in [0.2, 0.25) is 10.0 Å². The molecule has 0 fully saturated rings. The first-order valence-corrected chi connectivity index (χ1v) is 11.7. The van der Waals surface area contributed by atoms with Gasteiger partial charge in [-0.2, -0.15) is 0 Å². The average Bonchev–Trinajstić information content (AvgIpc) is 3.20. The van der Waals surface area contributed by atoms with Crippen LogP contribution in [0.4, 0.5) is 15.0 Å². The molecule has 3 heterocycles. The number of nitrogens with zero attached hydrogens (tertiary/aromatic N) is 2. The van der Waals surface area contributed by atoms with Gasteiger partial charge in [0.15, 0.2) is 11.6 Å². The molecule has 0 radical (unpaired) electrons. The number of benzene rings is 2. The molecule has 7 nitrogen and oxygen atoms in total. The topological polar surface area (TPSA) is 110 Å². The van der Waals surface area contributed by atoms with Gasteiger partial charge in [0.05, 0.1) is 5.02 Å². The van der Waals surface area contributed by atoms with Gasteiger partial charge in [0.25, 0.3) is 0 Å². The number of primary amides is 1. The van der Waals surface area contributed by atoms with Crippen LogP contribution in [0.15, 0.2) is 42.6 Å². The maximum absolute atomic E-state index is 14.0. The van der Waals surface area contributed by atoms with Crippen LogP contribution in [-0.4, -0.2) is 27.4 Å². The molecule has 180 valence electrons. The fourth-order valence-corrected chi connectivity index (χ4v) is 5.13. The van der Waals surface area contributed by atoms with Crippen LogP contribution in [0.5, 0.6) is 5.75 Å². The lowest BCUT2D eigenvalue weighted by molar-refractivity contribution is 0.202. The number of ether oxygens (including phenoxy) is 1. The SMILES string of the molecule is C[C@@H](Oc1cc(-c2ccc3[nH]c4c(c3c2)CN(C(N)=O)CC4)cnc1N)c1c(Cl)ccc(F)c1Cl. The number of hydrogen-bond acceptors (Lipinski definition) is 4. The number of aromatic amines is 1. The first kappa shape index (κ1) is 23.3. The number of nitrogens with one attached hydrogen (secondary N) is 1. The molecular formula is C25H22Cl2FN5O2. The lowest BCUT2D eigenvalue weighted by atomic mass is 10.0. The van der Waals surface area contributed by atoms with Crippen LogP contribution in [0, 0.1) is 5.82 Å². The van der Waals surface area contributed by atoms with Gasteiger partial charge in [0, 0.05) is 64.0 Å². The van der Waals surface area contributed by atoms with Crippen LogP contribution in [0.3, 0.4) is 0 Å². The number of nitrogens with two attached hydrogens (primary N) is 2. The highest BCUT2D eigenvalue weighted by atomic mass is 35.5. The average molecular weight is 514 g/mol. The maximum atomic E-state index is 14.0. The van der Waals surface area contributed by atoms with Crippen molar-refractivity contribution < 1.29 is 13.9 Å². The number of rotatable bonds is 4. The van der Waals surface area contributed by atoms with Gasteiger partial charge in [0.1, 0.15) is 11.9 Å². The van der Waals surface area contributed by atoms with Gasteiger partial charge in [0.2, 0.25) is 0 Å². The molecule has 0 saturated carbocycles. The molecule has 0 spiro atoms. The Labute approximate surface area is 210 Å². The summed E-state index contributed by atoms with van der Waals surface area (Å²) in [6.45, 7) is 2.75. The summed E-state index contributed by atoms with van der Waals surface area (Å²) in [6.07, 6.45) is 1.70. The van der Waals surface area contributed by atoms with E-state index in [1.807, 2.05) is 18.2 Å². The smallest absolute Gasteiger partial charge is 0.315 e. The van der Waals surface area contributed by atoms with Crippen LogP contribution >= 0.6 is 23.2 Å².